The number of carbonyl (C=O) groups is 1. The molecule has 2 rings (SSSR count). The summed E-state index contributed by atoms with van der Waals surface area (Å²) in [5.41, 5.74) is 1.85. The van der Waals surface area contributed by atoms with Crippen LogP contribution in [0, 0.1) is 11.6 Å². The molecule has 6 nitrogen and oxygen atoms in total. The second-order valence-corrected chi connectivity index (χ2v) is 6.60. The minimum atomic E-state index is -0.748. The van der Waals surface area contributed by atoms with Gasteiger partial charge in [-0.2, -0.15) is 0 Å². The first-order valence-corrected chi connectivity index (χ1v) is 8.75. The summed E-state index contributed by atoms with van der Waals surface area (Å²) >= 11 is 11.8. The third kappa shape index (κ3) is 5.02. The van der Waals surface area contributed by atoms with Crippen molar-refractivity contribution in [1.29, 1.82) is 0 Å². The van der Waals surface area contributed by atoms with Crippen LogP contribution in [0.3, 0.4) is 0 Å². The lowest BCUT2D eigenvalue weighted by Crippen LogP contribution is -2.35. The Labute approximate surface area is 170 Å². The van der Waals surface area contributed by atoms with Gasteiger partial charge < -0.3 is 9.47 Å². The van der Waals surface area contributed by atoms with Crippen LogP contribution in [0.15, 0.2) is 24.3 Å². The van der Waals surface area contributed by atoms with E-state index < -0.39 is 17.5 Å². The molecule has 0 radical (unpaired) electrons. The summed E-state index contributed by atoms with van der Waals surface area (Å²) in [4.78, 5) is 13.1. The molecular formula is C18H18Cl2F2N2O4. The highest BCUT2D eigenvalue weighted by molar-refractivity contribution is 6.32. The number of hydroxylamine groups is 1. The van der Waals surface area contributed by atoms with Gasteiger partial charge in [0.1, 0.15) is 0 Å². The molecular weight excluding hydrogens is 417 g/mol. The van der Waals surface area contributed by atoms with Crippen LogP contribution in [0.1, 0.15) is 11.1 Å². The molecule has 2 aromatic rings. The van der Waals surface area contributed by atoms with Crippen molar-refractivity contribution in [3.8, 4) is 11.5 Å². The summed E-state index contributed by atoms with van der Waals surface area (Å²) in [6.45, 7) is -0.500. The smallest absolute Gasteiger partial charge is 0.257 e. The van der Waals surface area contributed by atoms with E-state index in [-0.39, 0.29) is 52.3 Å². The standard InChI is InChI=1S/C18H18Cl2F2N2O4/c1-27-17-12(19)5-3-10(15(17)21)7-24(9-14(25)23-26)8-11-4-6-13(20)18(28-2)16(11)22/h3-6,26H,7-9H2,1-2H3,(H,23,25). The van der Waals surface area contributed by atoms with E-state index in [4.69, 9.17) is 37.9 Å². The minimum Gasteiger partial charge on any atom is -0.492 e. The molecule has 28 heavy (non-hydrogen) atoms. The van der Waals surface area contributed by atoms with E-state index in [1.807, 2.05) is 0 Å². The second-order valence-electron chi connectivity index (χ2n) is 5.79. The largest absolute Gasteiger partial charge is 0.492 e. The highest BCUT2D eigenvalue weighted by Crippen LogP contribution is 2.32. The molecule has 1 amide bonds. The molecule has 0 bridgehead atoms. The number of rotatable bonds is 8. The molecule has 0 atom stereocenters. The summed E-state index contributed by atoms with van der Waals surface area (Å²) in [6, 6.07) is 5.77. The van der Waals surface area contributed by atoms with E-state index in [1.54, 1.807) is 0 Å². The van der Waals surface area contributed by atoms with Crippen molar-refractivity contribution < 1.29 is 28.3 Å². The molecule has 0 fully saturated rings. The number of methoxy groups -OCH3 is 2. The fourth-order valence-electron chi connectivity index (χ4n) is 2.65. The van der Waals surface area contributed by atoms with Crippen LogP contribution in [-0.2, 0) is 17.9 Å². The van der Waals surface area contributed by atoms with E-state index in [9.17, 15) is 13.6 Å². The van der Waals surface area contributed by atoms with Crippen molar-refractivity contribution in [3.63, 3.8) is 0 Å². The molecule has 0 unspecified atom stereocenters. The Morgan fingerprint density at radius 3 is 1.79 bits per heavy atom. The van der Waals surface area contributed by atoms with Gasteiger partial charge >= 0.3 is 0 Å². The number of halogens is 4. The van der Waals surface area contributed by atoms with E-state index in [2.05, 4.69) is 0 Å². The number of carbonyl (C=O) groups excluding carboxylic acids is 1. The van der Waals surface area contributed by atoms with E-state index in [0.29, 0.717) is 0 Å². The van der Waals surface area contributed by atoms with Gasteiger partial charge in [-0.05, 0) is 12.1 Å². The lowest BCUT2D eigenvalue weighted by molar-refractivity contribution is -0.130. The van der Waals surface area contributed by atoms with Crippen molar-refractivity contribution in [3.05, 3.63) is 57.1 Å². The van der Waals surface area contributed by atoms with Crippen molar-refractivity contribution in [2.24, 2.45) is 0 Å². The maximum atomic E-state index is 14.6. The first-order valence-electron chi connectivity index (χ1n) is 7.99. The first kappa shape index (κ1) is 22.2. The summed E-state index contributed by atoms with van der Waals surface area (Å²) in [7, 11) is 2.56. The van der Waals surface area contributed by atoms with Crippen LogP contribution in [0.4, 0.5) is 8.78 Å². The molecule has 0 aromatic heterocycles. The Kier molecular flexibility index (Phi) is 7.82. The van der Waals surface area contributed by atoms with E-state index >= 15 is 0 Å². The van der Waals surface area contributed by atoms with E-state index in [0.717, 1.165) is 0 Å². The van der Waals surface area contributed by atoms with Gasteiger partial charge in [0.25, 0.3) is 5.91 Å². The number of ether oxygens (including phenoxy) is 2. The van der Waals surface area contributed by atoms with Gasteiger partial charge in [0.2, 0.25) is 0 Å². The van der Waals surface area contributed by atoms with Crippen LogP contribution in [-0.4, -0.2) is 36.8 Å². The van der Waals surface area contributed by atoms with Crippen molar-refractivity contribution in [2.75, 3.05) is 20.8 Å². The molecule has 0 aliphatic carbocycles. The summed E-state index contributed by atoms with van der Waals surface area (Å²) in [5, 5.41) is 9.00. The predicted octanol–water partition coefficient (Wildman–Crippen LogP) is 3.80. The molecule has 2 N–H and O–H groups in total. The Morgan fingerprint density at radius 1 is 1.00 bits per heavy atom. The van der Waals surface area contributed by atoms with Gasteiger partial charge in [0, 0.05) is 24.2 Å². The fourth-order valence-corrected chi connectivity index (χ4v) is 3.10. The highest BCUT2D eigenvalue weighted by atomic mass is 35.5. The molecule has 0 spiro atoms. The average molecular weight is 435 g/mol. The Balaban J connectivity index is 2.35. The number of nitrogens with one attached hydrogen (secondary N) is 1. The Bertz CT molecular complexity index is 806. The minimum absolute atomic E-state index is 0.0861. The normalized spacial score (nSPS) is 10.9. The van der Waals surface area contributed by atoms with Crippen LogP contribution >= 0.6 is 23.2 Å². The zero-order valence-electron chi connectivity index (χ0n) is 15.1. The zero-order chi connectivity index (χ0) is 20.8. The van der Waals surface area contributed by atoms with Crippen molar-refractivity contribution >= 4 is 29.1 Å². The van der Waals surface area contributed by atoms with Crippen LogP contribution < -0.4 is 15.0 Å². The van der Waals surface area contributed by atoms with Gasteiger partial charge in [-0.25, -0.2) is 14.3 Å². The average Bonchev–Trinajstić information content (AvgIpc) is 2.67. The molecule has 0 saturated heterocycles. The van der Waals surface area contributed by atoms with Crippen molar-refractivity contribution in [1.82, 2.24) is 10.4 Å². The third-order valence-corrected chi connectivity index (χ3v) is 4.54. The summed E-state index contributed by atoms with van der Waals surface area (Å²) in [6.07, 6.45) is 0. The molecule has 152 valence electrons. The second kappa shape index (κ2) is 9.88. The maximum Gasteiger partial charge on any atom is 0.257 e. The number of hydrogen-bond acceptors (Lipinski definition) is 5. The number of amides is 1. The fraction of sp³-hybridized carbons (Fsp3) is 0.278. The molecule has 0 saturated carbocycles. The summed E-state index contributed by atoms with van der Waals surface area (Å²) < 4.78 is 39.1. The van der Waals surface area contributed by atoms with Gasteiger partial charge in [-0.15, -0.1) is 0 Å². The molecule has 0 heterocycles. The molecule has 10 heteroatoms. The van der Waals surface area contributed by atoms with Gasteiger partial charge in [0.15, 0.2) is 23.1 Å². The predicted molar refractivity (Wildman–Crippen MR) is 100.0 cm³/mol. The highest BCUT2D eigenvalue weighted by Gasteiger charge is 2.20. The number of benzene rings is 2. The van der Waals surface area contributed by atoms with E-state index in [1.165, 1.54) is 48.9 Å². The van der Waals surface area contributed by atoms with Gasteiger partial charge in [-0.1, -0.05) is 35.3 Å². The van der Waals surface area contributed by atoms with Gasteiger partial charge in [-0.3, -0.25) is 14.9 Å². The quantitative estimate of drug-likeness (QED) is 0.488. The molecule has 0 aliphatic heterocycles. The summed E-state index contributed by atoms with van der Waals surface area (Å²) in [5.74, 6) is -2.41. The number of hydrogen-bond donors (Lipinski definition) is 2. The first-order chi connectivity index (χ1) is 13.3. The van der Waals surface area contributed by atoms with Crippen molar-refractivity contribution in [2.45, 2.75) is 13.1 Å². The third-order valence-electron chi connectivity index (χ3n) is 3.95. The van der Waals surface area contributed by atoms with Crippen LogP contribution in [0.2, 0.25) is 10.0 Å². The lowest BCUT2D eigenvalue weighted by atomic mass is 10.1. The molecule has 0 aliphatic rings. The monoisotopic (exact) mass is 434 g/mol. The SMILES string of the molecule is COc1c(Cl)ccc(CN(CC(=O)NO)Cc2ccc(Cl)c(OC)c2F)c1F. The number of nitrogens with zero attached hydrogens (tertiary/aromatic N) is 1. The van der Waals surface area contributed by atoms with Crippen LogP contribution in [0.25, 0.3) is 0 Å². The topological polar surface area (TPSA) is 71.0 Å². The zero-order valence-corrected chi connectivity index (χ0v) is 16.6. The van der Waals surface area contributed by atoms with Crippen LogP contribution in [0.5, 0.6) is 11.5 Å². The lowest BCUT2D eigenvalue weighted by Gasteiger charge is -2.23. The van der Waals surface area contributed by atoms with Gasteiger partial charge in [0.05, 0.1) is 30.8 Å². The molecule has 2 aromatic carbocycles. The Morgan fingerprint density at radius 2 is 1.43 bits per heavy atom. The Hall–Kier alpha value is -2.13. The maximum absolute atomic E-state index is 14.6.